The van der Waals surface area contributed by atoms with E-state index < -0.39 is 5.54 Å². The molecule has 206 valence electrons. The maximum absolute atomic E-state index is 13.4. The second-order valence-electron chi connectivity index (χ2n) is 10.3. The molecule has 40 heavy (non-hydrogen) atoms. The molecule has 0 bridgehead atoms. The Hall–Kier alpha value is -4.42. The minimum absolute atomic E-state index is 0.0258. The molecule has 1 aromatic carbocycles. The minimum atomic E-state index is -0.838. The number of hydrogen-bond donors (Lipinski definition) is 2. The molecule has 0 amide bonds. The Morgan fingerprint density at radius 1 is 0.925 bits per heavy atom. The highest BCUT2D eigenvalue weighted by atomic mass is 19.1. The average Bonchev–Trinajstić information content (AvgIpc) is 3.65. The summed E-state index contributed by atoms with van der Waals surface area (Å²) < 4.78 is 17.0. The van der Waals surface area contributed by atoms with Crippen LogP contribution in [-0.4, -0.2) is 72.2 Å². The molecule has 3 N–H and O–H groups in total. The van der Waals surface area contributed by atoms with E-state index in [0.29, 0.717) is 5.95 Å². The van der Waals surface area contributed by atoms with Crippen LogP contribution in [0.5, 0.6) is 0 Å². The molecule has 0 radical (unpaired) electrons. The fourth-order valence-electron chi connectivity index (χ4n) is 4.96. The molecule has 1 aliphatic rings. The zero-order valence-electron chi connectivity index (χ0n) is 22.4. The number of nitrogens with two attached hydrogens (primary N) is 1. The number of nitrogens with zero attached hydrogens (tertiary/aromatic N) is 9. The lowest BCUT2D eigenvalue weighted by atomic mass is 9.87. The van der Waals surface area contributed by atoms with E-state index in [1.807, 2.05) is 30.8 Å². The van der Waals surface area contributed by atoms with E-state index in [4.69, 9.17) is 5.73 Å². The lowest BCUT2D eigenvalue weighted by Gasteiger charge is -2.35. The number of halogens is 1. The minimum Gasteiger partial charge on any atom is -0.394 e. The second-order valence-corrected chi connectivity index (χ2v) is 10.3. The van der Waals surface area contributed by atoms with Gasteiger partial charge in [0.25, 0.3) is 0 Å². The predicted octanol–water partition coefficient (Wildman–Crippen LogP) is 2.62. The number of aromatic nitrogens is 7. The van der Waals surface area contributed by atoms with Crippen LogP contribution in [0, 0.1) is 5.82 Å². The van der Waals surface area contributed by atoms with Crippen LogP contribution >= 0.6 is 0 Å². The SMILES string of the molecule is C[C@@H](CO)n1cc(-c2cc3c(N4CCN(c5ncc([C@@](C)(N)c6ccc(F)cc6)cn5)CC4)ncnn3c2)cn1. The summed E-state index contributed by atoms with van der Waals surface area (Å²) in [6.07, 6.45) is 10.8. The number of benzene rings is 1. The van der Waals surface area contributed by atoms with Gasteiger partial charge in [0.2, 0.25) is 5.95 Å². The van der Waals surface area contributed by atoms with Crippen LogP contribution in [0.3, 0.4) is 0 Å². The highest BCUT2D eigenvalue weighted by Gasteiger charge is 2.26. The van der Waals surface area contributed by atoms with E-state index in [2.05, 4.69) is 41.0 Å². The molecule has 0 saturated carbocycles. The van der Waals surface area contributed by atoms with Crippen molar-refractivity contribution in [1.82, 2.24) is 34.3 Å². The Balaban J connectivity index is 1.16. The van der Waals surface area contributed by atoms with Gasteiger partial charge in [0.05, 0.1) is 24.4 Å². The van der Waals surface area contributed by atoms with Gasteiger partial charge >= 0.3 is 0 Å². The number of hydrogen-bond acceptors (Lipinski definition) is 9. The average molecular weight is 543 g/mol. The Morgan fingerprint density at radius 2 is 1.62 bits per heavy atom. The zero-order valence-corrected chi connectivity index (χ0v) is 22.4. The molecular formula is C28H31FN10O. The fourth-order valence-corrected chi connectivity index (χ4v) is 4.96. The molecule has 0 aliphatic carbocycles. The summed E-state index contributed by atoms with van der Waals surface area (Å²) in [5.74, 6) is 1.21. The molecule has 6 rings (SSSR count). The molecule has 2 atom stereocenters. The van der Waals surface area contributed by atoms with E-state index in [9.17, 15) is 9.50 Å². The van der Waals surface area contributed by atoms with Crippen molar-refractivity contribution in [3.8, 4) is 11.1 Å². The topological polar surface area (TPSA) is 127 Å². The second kappa shape index (κ2) is 10.3. The maximum atomic E-state index is 13.4. The Kier molecular flexibility index (Phi) is 6.64. The first-order chi connectivity index (χ1) is 19.3. The Morgan fingerprint density at radius 3 is 2.33 bits per heavy atom. The standard InChI is InChI=1S/C28H31FN10O/c1-19(17-40)38-16-21(12-34-38)20-11-25-26(33-18-35-39(25)15-20)36-7-9-37(10-8-36)27-31-13-23(14-32-27)28(2,30)22-3-5-24(29)6-4-22/h3-6,11-16,18-19,40H,7-10,17,30H2,1-2H3/t19-,28-/m0/s1. The predicted molar refractivity (Wildman–Crippen MR) is 150 cm³/mol. The van der Waals surface area contributed by atoms with Crippen molar-refractivity contribution in [2.75, 3.05) is 42.6 Å². The van der Waals surface area contributed by atoms with Crippen molar-refractivity contribution < 1.29 is 9.50 Å². The molecule has 1 aliphatic heterocycles. The van der Waals surface area contributed by atoms with Crippen LogP contribution in [0.1, 0.15) is 31.0 Å². The third-order valence-electron chi connectivity index (χ3n) is 7.58. The largest absolute Gasteiger partial charge is 0.394 e. The summed E-state index contributed by atoms with van der Waals surface area (Å²) in [6, 6.07) is 8.16. The van der Waals surface area contributed by atoms with Crippen LogP contribution in [0.25, 0.3) is 16.6 Å². The van der Waals surface area contributed by atoms with Gasteiger partial charge < -0.3 is 20.6 Å². The summed E-state index contributed by atoms with van der Waals surface area (Å²) in [5.41, 5.74) is 10.1. The maximum Gasteiger partial charge on any atom is 0.225 e. The van der Waals surface area contributed by atoms with Crippen molar-refractivity contribution in [1.29, 1.82) is 0 Å². The van der Waals surface area contributed by atoms with Crippen molar-refractivity contribution in [3.05, 3.63) is 84.6 Å². The molecule has 0 spiro atoms. The highest BCUT2D eigenvalue weighted by molar-refractivity contribution is 5.77. The van der Waals surface area contributed by atoms with Crippen LogP contribution in [-0.2, 0) is 5.54 Å². The summed E-state index contributed by atoms with van der Waals surface area (Å²) in [6.45, 7) is 6.76. The van der Waals surface area contributed by atoms with Crippen molar-refractivity contribution in [3.63, 3.8) is 0 Å². The monoisotopic (exact) mass is 542 g/mol. The zero-order chi connectivity index (χ0) is 27.9. The van der Waals surface area contributed by atoms with Crippen molar-refractivity contribution in [2.24, 2.45) is 5.73 Å². The van der Waals surface area contributed by atoms with Gasteiger partial charge in [-0.25, -0.2) is 23.9 Å². The molecule has 11 nitrogen and oxygen atoms in total. The van der Waals surface area contributed by atoms with Gasteiger partial charge in [0, 0.05) is 67.7 Å². The number of piperazine rings is 1. The van der Waals surface area contributed by atoms with Gasteiger partial charge in [-0.15, -0.1) is 0 Å². The van der Waals surface area contributed by atoms with Gasteiger partial charge in [0.1, 0.15) is 17.7 Å². The number of anilines is 2. The number of fused-ring (bicyclic) bond motifs is 1. The van der Waals surface area contributed by atoms with Gasteiger partial charge in [-0.05, 0) is 37.6 Å². The van der Waals surface area contributed by atoms with Gasteiger partial charge in [-0.1, -0.05) is 12.1 Å². The van der Waals surface area contributed by atoms with Crippen LogP contribution in [0.15, 0.2) is 67.6 Å². The first-order valence-corrected chi connectivity index (χ1v) is 13.2. The van der Waals surface area contributed by atoms with Gasteiger partial charge in [0.15, 0.2) is 5.82 Å². The molecule has 12 heteroatoms. The van der Waals surface area contributed by atoms with E-state index in [-0.39, 0.29) is 18.5 Å². The number of aliphatic hydroxyl groups excluding tert-OH is 1. The lowest BCUT2D eigenvalue weighted by Crippen LogP contribution is -2.47. The molecule has 1 saturated heterocycles. The molecule has 0 unspecified atom stereocenters. The number of rotatable bonds is 7. The molecule has 1 fully saturated rings. The van der Waals surface area contributed by atoms with Crippen LogP contribution in [0.4, 0.5) is 16.2 Å². The molecule has 5 heterocycles. The van der Waals surface area contributed by atoms with Crippen LogP contribution in [0.2, 0.25) is 0 Å². The molecule has 4 aromatic heterocycles. The summed E-state index contributed by atoms with van der Waals surface area (Å²) >= 11 is 0. The lowest BCUT2D eigenvalue weighted by molar-refractivity contribution is 0.230. The Labute approximate surface area is 230 Å². The van der Waals surface area contributed by atoms with Crippen molar-refractivity contribution >= 4 is 17.3 Å². The van der Waals surface area contributed by atoms with Crippen LogP contribution < -0.4 is 15.5 Å². The quantitative estimate of drug-likeness (QED) is 0.319. The van der Waals surface area contributed by atoms with Crippen molar-refractivity contribution in [2.45, 2.75) is 25.4 Å². The fraction of sp³-hybridized carbons (Fsp3) is 0.321. The molecular weight excluding hydrogens is 511 g/mol. The summed E-state index contributed by atoms with van der Waals surface area (Å²) in [7, 11) is 0. The van der Waals surface area contributed by atoms with Gasteiger partial charge in [-0.3, -0.25) is 4.68 Å². The third kappa shape index (κ3) is 4.75. The number of aliphatic hydroxyl groups is 1. The summed E-state index contributed by atoms with van der Waals surface area (Å²) in [4.78, 5) is 18.2. The third-order valence-corrected chi connectivity index (χ3v) is 7.58. The van der Waals surface area contributed by atoms with E-state index in [0.717, 1.165) is 59.8 Å². The smallest absolute Gasteiger partial charge is 0.225 e. The first-order valence-electron chi connectivity index (χ1n) is 13.2. The highest BCUT2D eigenvalue weighted by Crippen LogP contribution is 2.29. The normalized spacial score (nSPS) is 16.3. The molecule has 5 aromatic rings. The van der Waals surface area contributed by atoms with E-state index in [1.165, 1.54) is 12.1 Å². The van der Waals surface area contributed by atoms with E-state index in [1.54, 1.807) is 41.7 Å². The summed E-state index contributed by atoms with van der Waals surface area (Å²) in [5, 5.41) is 18.2. The van der Waals surface area contributed by atoms with E-state index >= 15 is 0 Å². The first kappa shape index (κ1) is 25.8. The Bertz CT molecular complexity index is 1600. The van der Waals surface area contributed by atoms with Gasteiger partial charge in [-0.2, -0.15) is 10.2 Å².